The molecule has 0 unspecified atom stereocenters. The molecular formula is C8H13N2O+. The van der Waals surface area contributed by atoms with Crippen molar-refractivity contribution in [2.45, 2.75) is 13.0 Å². The Morgan fingerprint density at radius 2 is 2.36 bits per heavy atom. The summed E-state index contributed by atoms with van der Waals surface area (Å²) in [5.41, 5.74) is 5.41. The minimum absolute atomic E-state index is 0.469. The molecule has 1 aromatic rings. The molecule has 0 radical (unpaired) electrons. The topological polar surface area (TPSA) is 60.8 Å². The van der Waals surface area contributed by atoms with Crippen molar-refractivity contribution >= 4 is 0 Å². The summed E-state index contributed by atoms with van der Waals surface area (Å²) < 4.78 is 0. The van der Waals surface area contributed by atoms with Crippen molar-refractivity contribution < 1.29 is 10.8 Å². The first-order chi connectivity index (χ1) is 5.24. The second kappa shape index (κ2) is 3.46. The van der Waals surface area contributed by atoms with Crippen LogP contribution in [-0.4, -0.2) is 16.6 Å². The highest BCUT2D eigenvalue weighted by Crippen LogP contribution is 2.08. The Morgan fingerprint density at radius 1 is 1.64 bits per heavy atom. The van der Waals surface area contributed by atoms with Crippen molar-refractivity contribution in [1.29, 1.82) is 0 Å². The lowest BCUT2D eigenvalue weighted by Crippen LogP contribution is -2.52. The van der Waals surface area contributed by atoms with E-state index < -0.39 is 6.10 Å². The zero-order valence-corrected chi connectivity index (χ0v) is 6.62. The monoisotopic (exact) mass is 153 g/mol. The van der Waals surface area contributed by atoms with Crippen molar-refractivity contribution in [3.8, 4) is 0 Å². The zero-order chi connectivity index (χ0) is 8.27. The SMILES string of the molecule is Cc1ccc([C@H](O)C[NH3+])cn1. The van der Waals surface area contributed by atoms with Crippen LogP contribution in [0.4, 0.5) is 0 Å². The van der Waals surface area contributed by atoms with Crippen molar-refractivity contribution in [1.82, 2.24) is 4.98 Å². The summed E-state index contributed by atoms with van der Waals surface area (Å²) in [6, 6.07) is 3.76. The molecule has 0 aliphatic heterocycles. The first-order valence-electron chi connectivity index (χ1n) is 3.64. The third-order valence-electron chi connectivity index (χ3n) is 1.59. The average molecular weight is 153 g/mol. The number of aryl methyl sites for hydroxylation is 1. The average Bonchev–Trinajstić information content (AvgIpc) is 2.05. The van der Waals surface area contributed by atoms with Crippen molar-refractivity contribution in [3.05, 3.63) is 29.6 Å². The molecule has 1 aromatic heterocycles. The number of pyridine rings is 1. The molecule has 0 aliphatic carbocycles. The van der Waals surface area contributed by atoms with Gasteiger partial charge in [-0.2, -0.15) is 0 Å². The molecule has 0 amide bonds. The molecule has 0 saturated heterocycles. The summed E-state index contributed by atoms with van der Waals surface area (Å²) in [5, 5.41) is 9.32. The van der Waals surface area contributed by atoms with Crippen LogP contribution in [0.15, 0.2) is 18.3 Å². The third-order valence-corrected chi connectivity index (χ3v) is 1.59. The quantitative estimate of drug-likeness (QED) is 0.611. The number of aliphatic hydroxyl groups is 1. The molecule has 11 heavy (non-hydrogen) atoms. The van der Waals surface area contributed by atoms with Crippen LogP contribution >= 0.6 is 0 Å². The normalized spacial score (nSPS) is 13.0. The van der Waals surface area contributed by atoms with Gasteiger partial charge in [0.2, 0.25) is 0 Å². The number of nitrogens with zero attached hydrogens (tertiary/aromatic N) is 1. The van der Waals surface area contributed by atoms with E-state index in [-0.39, 0.29) is 0 Å². The molecule has 3 nitrogen and oxygen atoms in total. The van der Waals surface area contributed by atoms with Gasteiger partial charge in [-0.05, 0) is 13.0 Å². The standard InChI is InChI=1S/C8H12N2O/c1-6-2-3-7(5-10-6)8(11)4-9/h2-3,5,8,11H,4,9H2,1H3/p+1/t8-/m1/s1. The van der Waals surface area contributed by atoms with Crippen LogP contribution < -0.4 is 5.73 Å². The molecule has 0 spiro atoms. The lowest BCUT2D eigenvalue weighted by atomic mass is 10.1. The first kappa shape index (κ1) is 8.17. The second-order valence-electron chi connectivity index (χ2n) is 2.54. The van der Waals surface area contributed by atoms with Crippen LogP contribution in [-0.2, 0) is 0 Å². The number of aliphatic hydroxyl groups excluding tert-OH is 1. The van der Waals surface area contributed by atoms with E-state index in [1.165, 1.54) is 0 Å². The van der Waals surface area contributed by atoms with Crippen LogP contribution in [0, 0.1) is 6.92 Å². The van der Waals surface area contributed by atoms with Crippen molar-refractivity contribution in [2.75, 3.05) is 6.54 Å². The summed E-state index contributed by atoms with van der Waals surface area (Å²) in [6.07, 6.45) is 1.22. The van der Waals surface area contributed by atoms with Crippen molar-refractivity contribution in [3.63, 3.8) is 0 Å². The van der Waals surface area contributed by atoms with E-state index >= 15 is 0 Å². The Labute approximate surface area is 65.9 Å². The Bertz CT molecular complexity index is 220. The molecule has 1 atom stereocenters. The molecule has 0 aliphatic rings. The number of aromatic nitrogens is 1. The third kappa shape index (κ3) is 2.00. The maximum atomic E-state index is 9.32. The van der Waals surface area contributed by atoms with Gasteiger partial charge in [-0.15, -0.1) is 0 Å². The van der Waals surface area contributed by atoms with Crippen molar-refractivity contribution in [2.24, 2.45) is 0 Å². The molecule has 1 heterocycles. The van der Waals surface area contributed by atoms with Gasteiger partial charge < -0.3 is 10.8 Å². The highest BCUT2D eigenvalue weighted by molar-refractivity contribution is 5.15. The van der Waals surface area contributed by atoms with Gasteiger partial charge >= 0.3 is 0 Å². The predicted molar refractivity (Wildman–Crippen MR) is 41.7 cm³/mol. The molecule has 0 bridgehead atoms. The fourth-order valence-corrected chi connectivity index (χ4v) is 0.843. The summed E-state index contributed by atoms with van der Waals surface area (Å²) in [4.78, 5) is 4.06. The fourth-order valence-electron chi connectivity index (χ4n) is 0.843. The van der Waals surface area contributed by atoms with Crippen LogP contribution in [0.2, 0.25) is 0 Å². The van der Waals surface area contributed by atoms with E-state index in [4.69, 9.17) is 0 Å². The van der Waals surface area contributed by atoms with E-state index in [1.807, 2.05) is 19.1 Å². The van der Waals surface area contributed by atoms with Gasteiger partial charge in [0.15, 0.2) is 0 Å². The van der Waals surface area contributed by atoms with Gasteiger partial charge in [-0.25, -0.2) is 0 Å². The van der Waals surface area contributed by atoms with Crippen LogP contribution in [0.1, 0.15) is 17.4 Å². The molecule has 0 aromatic carbocycles. The first-order valence-corrected chi connectivity index (χ1v) is 3.64. The lowest BCUT2D eigenvalue weighted by molar-refractivity contribution is -0.385. The van der Waals surface area contributed by atoms with E-state index in [9.17, 15) is 5.11 Å². The van der Waals surface area contributed by atoms with E-state index in [0.717, 1.165) is 11.3 Å². The summed E-state index contributed by atoms with van der Waals surface area (Å²) in [5.74, 6) is 0. The maximum Gasteiger partial charge on any atom is 0.129 e. The van der Waals surface area contributed by atoms with E-state index in [2.05, 4.69) is 10.7 Å². The minimum Gasteiger partial charge on any atom is -0.382 e. The smallest absolute Gasteiger partial charge is 0.129 e. The molecule has 60 valence electrons. The summed E-state index contributed by atoms with van der Waals surface area (Å²) in [7, 11) is 0. The molecule has 1 rings (SSSR count). The van der Waals surface area contributed by atoms with Gasteiger partial charge in [0.1, 0.15) is 12.6 Å². The number of hydrogen-bond donors (Lipinski definition) is 2. The van der Waals surface area contributed by atoms with Crippen LogP contribution in [0.5, 0.6) is 0 Å². The zero-order valence-electron chi connectivity index (χ0n) is 6.62. The minimum atomic E-state index is -0.469. The Balaban J connectivity index is 2.81. The molecule has 0 saturated carbocycles. The Morgan fingerprint density at radius 3 is 2.82 bits per heavy atom. The molecule has 0 fully saturated rings. The van der Waals surface area contributed by atoms with E-state index in [0.29, 0.717) is 6.54 Å². The van der Waals surface area contributed by atoms with Gasteiger partial charge in [0, 0.05) is 17.5 Å². The van der Waals surface area contributed by atoms with Gasteiger partial charge in [-0.3, -0.25) is 4.98 Å². The van der Waals surface area contributed by atoms with Gasteiger partial charge in [0.25, 0.3) is 0 Å². The summed E-state index contributed by atoms with van der Waals surface area (Å²) in [6.45, 7) is 2.41. The van der Waals surface area contributed by atoms with E-state index in [1.54, 1.807) is 6.20 Å². The van der Waals surface area contributed by atoms with Crippen LogP contribution in [0.25, 0.3) is 0 Å². The molecule has 3 heteroatoms. The number of quaternary nitrogens is 1. The van der Waals surface area contributed by atoms with Gasteiger partial charge in [-0.1, -0.05) is 6.07 Å². The Kier molecular flexibility index (Phi) is 2.57. The largest absolute Gasteiger partial charge is 0.382 e. The fraction of sp³-hybridized carbons (Fsp3) is 0.375. The molecule has 4 N–H and O–H groups in total. The predicted octanol–water partition coefficient (Wildman–Crippen LogP) is -0.335. The summed E-state index contributed by atoms with van der Waals surface area (Å²) >= 11 is 0. The highest BCUT2D eigenvalue weighted by Gasteiger charge is 2.05. The van der Waals surface area contributed by atoms with Gasteiger partial charge in [0.05, 0.1) is 0 Å². The highest BCUT2D eigenvalue weighted by atomic mass is 16.3. The van der Waals surface area contributed by atoms with Crippen LogP contribution in [0.3, 0.4) is 0 Å². The molecular weight excluding hydrogens is 140 g/mol. The number of hydrogen-bond acceptors (Lipinski definition) is 2. The number of rotatable bonds is 2. The Hall–Kier alpha value is -0.930. The lowest BCUT2D eigenvalue weighted by Gasteiger charge is -2.04. The second-order valence-corrected chi connectivity index (χ2v) is 2.54. The maximum absolute atomic E-state index is 9.32.